The van der Waals surface area contributed by atoms with Crippen molar-refractivity contribution in [1.82, 2.24) is 10.6 Å². The fraction of sp³-hybridized carbons (Fsp3) is 0.950. The Kier molecular flexibility index (Phi) is 6.02. The Bertz CT molecular complexity index is 436. The van der Waals surface area contributed by atoms with Crippen molar-refractivity contribution in [2.45, 2.75) is 57.8 Å². The van der Waals surface area contributed by atoms with E-state index in [4.69, 9.17) is 4.74 Å². The minimum absolute atomic E-state index is 0. The summed E-state index contributed by atoms with van der Waals surface area (Å²) in [6.45, 7) is 3.61. The molecule has 0 atom stereocenters. The Morgan fingerprint density at radius 2 is 1.64 bits per heavy atom. The highest BCUT2D eigenvalue weighted by Crippen LogP contribution is 2.61. The van der Waals surface area contributed by atoms with Gasteiger partial charge in [-0.3, -0.25) is 4.79 Å². The van der Waals surface area contributed by atoms with Crippen LogP contribution in [0.5, 0.6) is 0 Å². The predicted molar refractivity (Wildman–Crippen MR) is 102 cm³/mol. The Morgan fingerprint density at radius 3 is 2.16 bits per heavy atom. The summed E-state index contributed by atoms with van der Waals surface area (Å²) in [6.07, 6.45) is 11.3. The number of carbonyl (C=O) groups is 1. The SMILES string of the molecule is COCC1(CNC(=O)CC23CC4CC(CC(C4)C2)C3)CCNCC1.Cl. The van der Waals surface area contributed by atoms with Gasteiger partial charge in [0.05, 0.1) is 6.61 Å². The van der Waals surface area contributed by atoms with Crippen LogP contribution in [-0.4, -0.2) is 39.3 Å². The second-order valence-electron chi connectivity index (χ2n) is 9.55. The zero-order valence-electron chi connectivity index (χ0n) is 15.6. The summed E-state index contributed by atoms with van der Waals surface area (Å²) in [5.74, 6) is 3.07. The number of piperidine rings is 1. The van der Waals surface area contributed by atoms with Gasteiger partial charge >= 0.3 is 0 Å². The lowest BCUT2D eigenvalue weighted by Crippen LogP contribution is -2.50. The number of methoxy groups -OCH3 is 1. The van der Waals surface area contributed by atoms with Crippen molar-refractivity contribution in [3.8, 4) is 0 Å². The van der Waals surface area contributed by atoms with Gasteiger partial charge in [-0.15, -0.1) is 12.4 Å². The zero-order chi connectivity index (χ0) is 16.6. The van der Waals surface area contributed by atoms with Crippen molar-refractivity contribution in [1.29, 1.82) is 0 Å². The van der Waals surface area contributed by atoms with Gasteiger partial charge < -0.3 is 15.4 Å². The van der Waals surface area contributed by atoms with Gasteiger partial charge in [0.1, 0.15) is 0 Å². The van der Waals surface area contributed by atoms with Gasteiger partial charge in [-0.2, -0.15) is 0 Å². The van der Waals surface area contributed by atoms with E-state index in [0.717, 1.165) is 63.3 Å². The number of ether oxygens (including phenoxy) is 1. The molecule has 25 heavy (non-hydrogen) atoms. The van der Waals surface area contributed by atoms with Gasteiger partial charge in [0, 0.05) is 25.5 Å². The molecule has 1 amide bonds. The van der Waals surface area contributed by atoms with Crippen LogP contribution in [-0.2, 0) is 9.53 Å². The maximum atomic E-state index is 12.7. The molecule has 0 aromatic carbocycles. The van der Waals surface area contributed by atoms with Crippen molar-refractivity contribution in [3.05, 3.63) is 0 Å². The molecule has 0 aromatic heterocycles. The quantitative estimate of drug-likeness (QED) is 0.755. The highest BCUT2D eigenvalue weighted by molar-refractivity contribution is 5.85. The molecule has 5 heteroatoms. The number of halogens is 1. The lowest BCUT2D eigenvalue weighted by molar-refractivity contribution is -0.130. The molecule has 0 aromatic rings. The molecule has 0 spiro atoms. The summed E-state index contributed by atoms with van der Waals surface area (Å²) in [6, 6.07) is 0. The molecule has 5 rings (SSSR count). The van der Waals surface area contributed by atoms with Crippen LogP contribution in [0.4, 0.5) is 0 Å². The smallest absolute Gasteiger partial charge is 0.220 e. The summed E-state index contributed by atoms with van der Waals surface area (Å²) in [4.78, 5) is 12.7. The van der Waals surface area contributed by atoms with Gasteiger partial charge in [0.25, 0.3) is 0 Å². The standard InChI is InChI=1S/C20H34N2O2.ClH/c1-24-14-19(2-4-21-5-3-19)13-22-18(23)12-20-9-15-6-16(10-20)8-17(7-15)11-20;/h15-17,21H,2-14H2,1H3,(H,22,23);1H. The molecule has 5 aliphatic rings. The molecule has 4 nitrogen and oxygen atoms in total. The van der Waals surface area contributed by atoms with E-state index in [1.807, 2.05) is 0 Å². The topological polar surface area (TPSA) is 50.4 Å². The van der Waals surface area contributed by atoms with Crippen LogP contribution in [0.3, 0.4) is 0 Å². The molecule has 144 valence electrons. The largest absolute Gasteiger partial charge is 0.384 e. The van der Waals surface area contributed by atoms with E-state index in [0.29, 0.717) is 11.3 Å². The van der Waals surface area contributed by atoms with Gasteiger partial charge in [0.2, 0.25) is 5.91 Å². The second kappa shape index (κ2) is 7.74. The Morgan fingerprint density at radius 1 is 1.08 bits per heavy atom. The first-order valence-corrected chi connectivity index (χ1v) is 10.1. The third-order valence-corrected chi connectivity index (χ3v) is 7.48. The molecule has 0 radical (unpaired) electrons. The molecule has 0 unspecified atom stereocenters. The van der Waals surface area contributed by atoms with Crippen molar-refractivity contribution in [3.63, 3.8) is 0 Å². The van der Waals surface area contributed by atoms with E-state index in [1.54, 1.807) is 7.11 Å². The fourth-order valence-electron chi connectivity index (χ4n) is 6.83. The van der Waals surface area contributed by atoms with Crippen LogP contribution in [0.15, 0.2) is 0 Å². The van der Waals surface area contributed by atoms with E-state index in [9.17, 15) is 4.79 Å². The van der Waals surface area contributed by atoms with Crippen LogP contribution >= 0.6 is 12.4 Å². The summed E-state index contributed by atoms with van der Waals surface area (Å²) in [7, 11) is 1.78. The van der Waals surface area contributed by atoms with Crippen LogP contribution in [0.1, 0.15) is 57.8 Å². The van der Waals surface area contributed by atoms with Crippen LogP contribution < -0.4 is 10.6 Å². The summed E-state index contributed by atoms with van der Waals surface area (Å²) in [5.41, 5.74) is 0.485. The minimum atomic E-state index is 0. The molecular weight excluding hydrogens is 336 g/mol. The third kappa shape index (κ3) is 4.17. The summed E-state index contributed by atoms with van der Waals surface area (Å²) >= 11 is 0. The molecule has 4 bridgehead atoms. The van der Waals surface area contributed by atoms with Gasteiger partial charge in [-0.25, -0.2) is 0 Å². The Labute approximate surface area is 158 Å². The van der Waals surface area contributed by atoms with Crippen molar-refractivity contribution in [2.75, 3.05) is 33.4 Å². The van der Waals surface area contributed by atoms with E-state index in [1.165, 1.54) is 38.5 Å². The van der Waals surface area contributed by atoms with Gasteiger partial charge in [-0.1, -0.05) is 0 Å². The zero-order valence-corrected chi connectivity index (χ0v) is 16.5. The maximum absolute atomic E-state index is 12.7. The summed E-state index contributed by atoms with van der Waals surface area (Å²) in [5, 5.41) is 6.73. The first-order valence-electron chi connectivity index (χ1n) is 10.1. The van der Waals surface area contributed by atoms with E-state index in [2.05, 4.69) is 10.6 Å². The molecule has 5 fully saturated rings. The molecule has 4 saturated carbocycles. The van der Waals surface area contributed by atoms with Gasteiger partial charge in [-0.05, 0) is 87.6 Å². The fourth-order valence-corrected chi connectivity index (χ4v) is 6.83. The molecule has 1 aliphatic heterocycles. The number of hydrogen-bond donors (Lipinski definition) is 2. The van der Waals surface area contributed by atoms with Crippen molar-refractivity contribution >= 4 is 18.3 Å². The van der Waals surface area contributed by atoms with E-state index in [-0.39, 0.29) is 17.8 Å². The number of hydrogen-bond acceptors (Lipinski definition) is 3. The first-order chi connectivity index (χ1) is 11.6. The Hall–Kier alpha value is -0.320. The monoisotopic (exact) mass is 370 g/mol. The predicted octanol–water partition coefficient (Wildman–Crippen LogP) is 3.15. The van der Waals surface area contributed by atoms with E-state index >= 15 is 0 Å². The third-order valence-electron chi connectivity index (χ3n) is 7.48. The lowest BCUT2D eigenvalue weighted by atomic mass is 9.49. The number of nitrogens with one attached hydrogen (secondary N) is 2. The Balaban J connectivity index is 0.00000182. The number of rotatable bonds is 6. The molecule has 1 heterocycles. The summed E-state index contributed by atoms with van der Waals surface area (Å²) < 4.78 is 5.47. The number of amides is 1. The second-order valence-corrected chi connectivity index (χ2v) is 9.55. The van der Waals surface area contributed by atoms with Crippen LogP contribution in [0, 0.1) is 28.6 Å². The highest BCUT2D eigenvalue weighted by atomic mass is 35.5. The maximum Gasteiger partial charge on any atom is 0.220 e. The van der Waals surface area contributed by atoms with Gasteiger partial charge in [0.15, 0.2) is 0 Å². The minimum Gasteiger partial charge on any atom is -0.384 e. The molecule has 2 N–H and O–H groups in total. The first kappa shape index (κ1) is 19.4. The van der Waals surface area contributed by atoms with Crippen molar-refractivity contribution < 1.29 is 9.53 Å². The van der Waals surface area contributed by atoms with Crippen LogP contribution in [0.25, 0.3) is 0 Å². The molecule has 1 saturated heterocycles. The normalized spacial score (nSPS) is 38.2. The highest BCUT2D eigenvalue weighted by Gasteiger charge is 2.51. The molecule has 4 aliphatic carbocycles. The van der Waals surface area contributed by atoms with Crippen molar-refractivity contribution in [2.24, 2.45) is 28.6 Å². The number of carbonyl (C=O) groups excluding carboxylic acids is 1. The molecular formula is C20H35ClN2O2. The average molecular weight is 371 g/mol. The average Bonchev–Trinajstić information content (AvgIpc) is 2.52. The van der Waals surface area contributed by atoms with Crippen LogP contribution in [0.2, 0.25) is 0 Å². The van der Waals surface area contributed by atoms with E-state index < -0.39 is 0 Å². The lowest BCUT2D eigenvalue weighted by Gasteiger charge is -2.56.